The smallest absolute Gasteiger partial charge is 0.243 e. The Balaban J connectivity index is 3.13. The Kier molecular flexibility index (Phi) is 23.7. The predicted octanol–water partition coefficient (Wildman–Crippen LogP) is 1.36. The number of likely N-dealkylation sites (N-methyl/N-ethyl adjacent to an activating group) is 1. The highest BCUT2D eigenvalue weighted by Gasteiger charge is 2.38. The first-order chi connectivity index (χ1) is 25.1. The number of amides is 5. The van der Waals surface area contributed by atoms with Crippen LogP contribution in [0.3, 0.4) is 0 Å². The van der Waals surface area contributed by atoms with Gasteiger partial charge in [0.25, 0.3) is 0 Å². The molecule has 0 radical (unpaired) electrons. The fraction of sp³-hybridized carbons (Fsp3) is 0.868. The SMILES string of the molecule is CCCCCC[C@@H](OC[C@@H](C)NC(=O)[C@@H](C)COC[C@@H](O)CO)[C@@H](C)C(=O)N(C)[C@@H](CC(C)C)C(=O)N[C@H](C(=O)N[C@@H](CN)C(N)=O)C1CCCCC1. The van der Waals surface area contributed by atoms with Crippen molar-refractivity contribution < 1.29 is 43.7 Å². The third kappa shape index (κ3) is 17.9. The van der Waals surface area contributed by atoms with E-state index in [0.717, 1.165) is 57.8 Å². The molecule has 9 N–H and O–H groups in total. The minimum Gasteiger partial charge on any atom is -0.394 e. The summed E-state index contributed by atoms with van der Waals surface area (Å²) >= 11 is 0. The van der Waals surface area contributed by atoms with Crippen molar-refractivity contribution in [3.05, 3.63) is 0 Å². The quantitative estimate of drug-likeness (QED) is 0.0595. The standard InChI is InChI=1S/C38H72N6O9/c1-8-9-10-14-17-32(53-22-26(5)41-35(48)25(4)21-52-23-29(46)20-45)27(6)38(51)44(7)31(18-24(2)3)36(49)43-33(28-15-12-11-13-16-28)37(50)42-30(19-39)34(40)47/h24-33,45-46H,8-23,39H2,1-7H3,(H2,40,47)(H,41,48)(H,42,50)(H,43,49)/t25-,26+,27+,29-,30-,31-,32+,33-/m0/s1. The van der Waals surface area contributed by atoms with Gasteiger partial charge in [-0.25, -0.2) is 0 Å². The number of carbonyl (C=O) groups excluding carboxylic acids is 5. The van der Waals surface area contributed by atoms with Crippen LogP contribution >= 0.6 is 0 Å². The largest absolute Gasteiger partial charge is 0.394 e. The van der Waals surface area contributed by atoms with Crippen molar-refractivity contribution in [1.29, 1.82) is 0 Å². The molecule has 0 aromatic heterocycles. The molecule has 8 atom stereocenters. The second kappa shape index (κ2) is 26.0. The molecule has 0 aromatic carbocycles. The molecule has 0 saturated heterocycles. The van der Waals surface area contributed by atoms with Crippen molar-refractivity contribution in [2.45, 2.75) is 149 Å². The van der Waals surface area contributed by atoms with Crippen LogP contribution in [0, 0.1) is 23.7 Å². The number of carbonyl (C=O) groups is 5. The van der Waals surface area contributed by atoms with Crippen molar-refractivity contribution in [3.63, 3.8) is 0 Å². The molecule has 53 heavy (non-hydrogen) atoms. The lowest BCUT2D eigenvalue weighted by Crippen LogP contribution is -2.60. The molecule has 1 aliphatic rings. The topological polar surface area (TPSA) is 236 Å². The molecule has 0 aliphatic heterocycles. The number of ether oxygens (including phenoxy) is 2. The maximum Gasteiger partial charge on any atom is 0.243 e. The van der Waals surface area contributed by atoms with Gasteiger partial charge in [-0.3, -0.25) is 24.0 Å². The monoisotopic (exact) mass is 757 g/mol. The Hall–Kier alpha value is -2.85. The van der Waals surface area contributed by atoms with Crippen molar-refractivity contribution >= 4 is 29.5 Å². The molecule has 15 nitrogen and oxygen atoms in total. The fourth-order valence-electron chi connectivity index (χ4n) is 6.60. The molecule has 0 aromatic rings. The van der Waals surface area contributed by atoms with Crippen molar-refractivity contribution in [3.8, 4) is 0 Å². The highest BCUT2D eigenvalue weighted by atomic mass is 16.5. The van der Waals surface area contributed by atoms with Crippen LogP contribution in [0.2, 0.25) is 0 Å². The van der Waals surface area contributed by atoms with Gasteiger partial charge in [-0.05, 0) is 44.4 Å². The Morgan fingerprint density at radius 2 is 1.53 bits per heavy atom. The zero-order valence-electron chi connectivity index (χ0n) is 33.4. The molecule has 1 rings (SSSR count). The van der Waals surface area contributed by atoms with Gasteiger partial charge in [-0.2, -0.15) is 0 Å². The summed E-state index contributed by atoms with van der Waals surface area (Å²) in [5.41, 5.74) is 11.1. The van der Waals surface area contributed by atoms with E-state index in [0.29, 0.717) is 12.8 Å². The molecule has 5 amide bonds. The van der Waals surface area contributed by atoms with E-state index < -0.39 is 66.5 Å². The Bertz CT molecular complexity index is 1110. The van der Waals surface area contributed by atoms with Gasteiger partial charge in [0.1, 0.15) is 24.2 Å². The predicted molar refractivity (Wildman–Crippen MR) is 203 cm³/mol. The highest BCUT2D eigenvalue weighted by molar-refractivity contribution is 5.94. The minimum atomic E-state index is -1.07. The summed E-state index contributed by atoms with van der Waals surface area (Å²) in [6.07, 6.45) is 7.75. The van der Waals surface area contributed by atoms with Crippen molar-refractivity contribution in [1.82, 2.24) is 20.9 Å². The van der Waals surface area contributed by atoms with E-state index in [-0.39, 0.29) is 56.1 Å². The number of aliphatic hydroxyl groups is 2. The minimum absolute atomic E-state index is 0.0489. The Morgan fingerprint density at radius 3 is 2.09 bits per heavy atom. The average Bonchev–Trinajstić information content (AvgIpc) is 3.13. The van der Waals surface area contributed by atoms with E-state index in [4.69, 9.17) is 26.0 Å². The van der Waals surface area contributed by atoms with Crippen LogP contribution < -0.4 is 27.4 Å². The third-order valence-electron chi connectivity index (χ3n) is 9.98. The summed E-state index contributed by atoms with van der Waals surface area (Å²) in [5, 5.41) is 26.9. The zero-order valence-corrected chi connectivity index (χ0v) is 33.4. The summed E-state index contributed by atoms with van der Waals surface area (Å²) in [5.74, 6) is -3.45. The van der Waals surface area contributed by atoms with Crippen LogP contribution in [-0.4, -0.2) is 121 Å². The molecule has 1 saturated carbocycles. The van der Waals surface area contributed by atoms with Gasteiger partial charge in [0.05, 0.1) is 44.4 Å². The molecule has 0 bridgehead atoms. The molecular formula is C38H72N6O9. The molecule has 0 unspecified atom stereocenters. The number of aliphatic hydroxyl groups excluding tert-OH is 2. The third-order valence-corrected chi connectivity index (χ3v) is 9.98. The van der Waals surface area contributed by atoms with Crippen molar-refractivity contribution in [2.24, 2.45) is 35.1 Å². The second-order valence-corrected chi connectivity index (χ2v) is 15.4. The van der Waals surface area contributed by atoms with Crippen LogP contribution in [-0.2, 0) is 33.4 Å². The van der Waals surface area contributed by atoms with Crippen LogP contribution in [0.5, 0.6) is 0 Å². The lowest BCUT2D eigenvalue weighted by molar-refractivity contribution is -0.147. The lowest BCUT2D eigenvalue weighted by atomic mass is 9.83. The molecule has 1 aliphatic carbocycles. The van der Waals surface area contributed by atoms with Gasteiger partial charge >= 0.3 is 0 Å². The van der Waals surface area contributed by atoms with Gasteiger partial charge in [0, 0.05) is 19.6 Å². The first kappa shape index (κ1) is 48.2. The highest BCUT2D eigenvalue weighted by Crippen LogP contribution is 2.28. The number of rotatable bonds is 27. The van der Waals surface area contributed by atoms with Crippen LogP contribution in [0.15, 0.2) is 0 Å². The number of nitrogens with zero attached hydrogens (tertiary/aromatic N) is 1. The van der Waals surface area contributed by atoms with E-state index in [1.54, 1.807) is 20.9 Å². The molecule has 15 heteroatoms. The number of hydrogen-bond acceptors (Lipinski definition) is 10. The first-order valence-electron chi connectivity index (χ1n) is 19.7. The van der Waals surface area contributed by atoms with E-state index in [9.17, 15) is 29.1 Å². The summed E-state index contributed by atoms with van der Waals surface area (Å²) in [6, 6.07) is -3.23. The van der Waals surface area contributed by atoms with E-state index in [1.807, 2.05) is 20.8 Å². The zero-order chi connectivity index (χ0) is 40.1. The maximum absolute atomic E-state index is 14.2. The van der Waals surface area contributed by atoms with Gasteiger partial charge < -0.3 is 52.0 Å². The second-order valence-electron chi connectivity index (χ2n) is 15.4. The summed E-state index contributed by atoms with van der Waals surface area (Å²) < 4.78 is 11.7. The molecule has 1 fully saturated rings. The number of primary amides is 1. The van der Waals surface area contributed by atoms with Crippen LogP contribution in [0.4, 0.5) is 0 Å². The van der Waals surface area contributed by atoms with E-state index >= 15 is 0 Å². The Labute approximate surface area is 317 Å². The summed E-state index contributed by atoms with van der Waals surface area (Å²) in [7, 11) is 1.61. The van der Waals surface area contributed by atoms with Crippen LogP contribution in [0.25, 0.3) is 0 Å². The van der Waals surface area contributed by atoms with E-state index in [2.05, 4.69) is 22.9 Å². The molecule has 0 heterocycles. The fourth-order valence-corrected chi connectivity index (χ4v) is 6.60. The molecule has 308 valence electrons. The van der Waals surface area contributed by atoms with E-state index in [1.165, 1.54) is 4.90 Å². The normalized spacial score (nSPS) is 18.2. The Morgan fingerprint density at radius 1 is 0.868 bits per heavy atom. The maximum atomic E-state index is 14.2. The molecule has 0 spiro atoms. The lowest BCUT2D eigenvalue weighted by Gasteiger charge is -2.36. The van der Waals surface area contributed by atoms with Crippen LogP contribution in [0.1, 0.15) is 112 Å². The van der Waals surface area contributed by atoms with Gasteiger partial charge in [0.2, 0.25) is 29.5 Å². The van der Waals surface area contributed by atoms with Gasteiger partial charge in [-0.15, -0.1) is 0 Å². The average molecular weight is 757 g/mol. The summed E-state index contributed by atoms with van der Waals surface area (Å²) in [6.45, 7) is 10.9. The number of nitrogens with two attached hydrogens (primary N) is 2. The van der Waals surface area contributed by atoms with Gasteiger partial charge in [-0.1, -0.05) is 79.6 Å². The van der Waals surface area contributed by atoms with Gasteiger partial charge in [0.15, 0.2) is 0 Å². The number of hydrogen-bond donors (Lipinski definition) is 7. The molecular weight excluding hydrogens is 684 g/mol. The van der Waals surface area contributed by atoms with Crippen molar-refractivity contribution in [2.75, 3.05) is 40.0 Å². The summed E-state index contributed by atoms with van der Waals surface area (Å²) in [4.78, 5) is 67.9. The number of nitrogens with one attached hydrogen (secondary N) is 3. The number of unbranched alkanes of at least 4 members (excludes halogenated alkanes) is 3. The first-order valence-corrected chi connectivity index (χ1v) is 19.7.